The zero-order valence-corrected chi connectivity index (χ0v) is 17.9. The van der Waals surface area contributed by atoms with Crippen LogP contribution in [0.4, 0.5) is 0 Å². The van der Waals surface area contributed by atoms with E-state index in [1.807, 2.05) is 12.1 Å². The van der Waals surface area contributed by atoms with Crippen LogP contribution in [0.25, 0.3) is 0 Å². The quantitative estimate of drug-likeness (QED) is 0.315. The Hall–Kier alpha value is -1.57. The van der Waals surface area contributed by atoms with Crippen molar-refractivity contribution in [2.45, 2.75) is 45.1 Å². The van der Waals surface area contributed by atoms with Gasteiger partial charge in [-0.25, -0.2) is 0 Å². The number of hydrogen-bond acceptors (Lipinski definition) is 5. The fraction of sp³-hybridized carbons (Fsp3) is 0.773. The maximum atomic E-state index is 5.80. The maximum absolute atomic E-state index is 5.80. The molecule has 0 aliphatic carbocycles. The number of ether oxygens (including phenoxy) is 2. The molecule has 3 heterocycles. The summed E-state index contributed by atoms with van der Waals surface area (Å²) in [5.41, 5.74) is 0. The van der Waals surface area contributed by atoms with Crippen LogP contribution in [0, 0.1) is 5.92 Å². The van der Waals surface area contributed by atoms with Crippen LogP contribution in [0.5, 0.6) is 0 Å². The lowest BCUT2D eigenvalue weighted by Gasteiger charge is -2.21. The molecule has 2 aliphatic rings. The molecule has 3 rings (SSSR count). The minimum atomic E-state index is 0.570. The number of hydrogen-bond donors (Lipinski definition) is 2. The average molecular weight is 407 g/mol. The Balaban J connectivity index is 1.37. The summed E-state index contributed by atoms with van der Waals surface area (Å²) in [5.74, 6) is 2.47. The summed E-state index contributed by atoms with van der Waals surface area (Å²) in [6, 6.07) is 4.51. The normalized spacial score (nSPS) is 23.0. The first-order valence-electron chi connectivity index (χ1n) is 11.3. The highest BCUT2D eigenvalue weighted by Crippen LogP contribution is 2.16. The van der Waals surface area contributed by atoms with Crippen molar-refractivity contribution in [3.05, 3.63) is 24.2 Å². The van der Waals surface area contributed by atoms with Crippen molar-refractivity contribution >= 4 is 5.96 Å². The molecule has 2 unspecified atom stereocenters. The van der Waals surface area contributed by atoms with Gasteiger partial charge in [0.15, 0.2) is 5.96 Å². The van der Waals surface area contributed by atoms with Gasteiger partial charge in [0, 0.05) is 44.7 Å². The third kappa shape index (κ3) is 7.99. The fourth-order valence-corrected chi connectivity index (χ4v) is 3.99. The minimum absolute atomic E-state index is 0.570. The molecule has 29 heavy (non-hydrogen) atoms. The largest absolute Gasteiger partial charge is 0.469 e. The van der Waals surface area contributed by atoms with E-state index < -0.39 is 0 Å². The standard InChI is InChI=1S/C22H38N4O3/c1-2-26-12-3-6-20(26)16-25-22(24-11-8-21-7-4-14-29-21)23-10-5-13-27-17-19-9-15-28-18-19/h4,7,14,19-20H,2-3,5-6,8-13,15-18H2,1H3,(H2,23,24,25). The monoisotopic (exact) mass is 406 g/mol. The highest BCUT2D eigenvalue weighted by Gasteiger charge is 2.22. The van der Waals surface area contributed by atoms with Gasteiger partial charge in [0.05, 0.1) is 26.0 Å². The van der Waals surface area contributed by atoms with Crippen LogP contribution in [0.2, 0.25) is 0 Å². The Morgan fingerprint density at radius 1 is 1.31 bits per heavy atom. The molecule has 0 bridgehead atoms. The summed E-state index contributed by atoms with van der Waals surface area (Å²) in [4.78, 5) is 7.40. The molecule has 0 spiro atoms. The molecule has 164 valence electrons. The highest BCUT2D eigenvalue weighted by molar-refractivity contribution is 5.79. The highest BCUT2D eigenvalue weighted by atomic mass is 16.5. The van der Waals surface area contributed by atoms with Gasteiger partial charge in [-0.15, -0.1) is 0 Å². The summed E-state index contributed by atoms with van der Waals surface area (Å²) in [7, 11) is 0. The topological polar surface area (TPSA) is 71.3 Å². The number of nitrogens with one attached hydrogen (secondary N) is 2. The van der Waals surface area contributed by atoms with Gasteiger partial charge in [-0.1, -0.05) is 6.92 Å². The molecule has 2 saturated heterocycles. The van der Waals surface area contributed by atoms with Crippen molar-refractivity contribution in [1.82, 2.24) is 15.5 Å². The van der Waals surface area contributed by atoms with Gasteiger partial charge in [0.2, 0.25) is 0 Å². The maximum Gasteiger partial charge on any atom is 0.191 e. The summed E-state index contributed by atoms with van der Waals surface area (Å²) >= 11 is 0. The number of rotatable bonds is 12. The van der Waals surface area contributed by atoms with Crippen molar-refractivity contribution in [2.24, 2.45) is 10.9 Å². The fourth-order valence-electron chi connectivity index (χ4n) is 3.99. The Morgan fingerprint density at radius 2 is 2.24 bits per heavy atom. The predicted molar refractivity (Wildman–Crippen MR) is 115 cm³/mol. The van der Waals surface area contributed by atoms with E-state index in [2.05, 4.69) is 22.5 Å². The van der Waals surface area contributed by atoms with Crippen LogP contribution in [0.1, 0.15) is 38.4 Å². The number of aliphatic imine (C=N–C) groups is 1. The molecule has 0 saturated carbocycles. The van der Waals surface area contributed by atoms with Gasteiger partial charge in [-0.2, -0.15) is 0 Å². The molecule has 1 aromatic heterocycles. The Kier molecular flexibility index (Phi) is 9.82. The van der Waals surface area contributed by atoms with Crippen LogP contribution < -0.4 is 10.6 Å². The van der Waals surface area contributed by atoms with Gasteiger partial charge in [-0.05, 0) is 50.9 Å². The molecule has 0 aromatic carbocycles. The van der Waals surface area contributed by atoms with E-state index in [1.54, 1.807) is 6.26 Å². The molecule has 7 nitrogen and oxygen atoms in total. The summed E-state index contributed by atoms with van der Waals surface area (Å²) in [6.07, 6.45) is 7.20. The van der Waals surface area contributed by atoms with Crippen molar-refractivity contribution in [2.75, 3.05) is 59.2 Å². The first-order chi connectivity index (χ1) is 14.3. The van der Waals surface area contributed by atoms with E-state index in [1.165, 1.54) is 19.4 Å². The minimum Gasteiger partial charge on any atom is -0.469 e. The van der Waals surface area contributed by atoms with Gasteiger partial charge < -0.3 is 24.5 Å². The summed E-state index contributed by atoms with van der Waals surface area (Å²) in [6.45, 7) is 10.4. The van der Waals surface area contributed by atoms with E-state index >= 15 is 0 Å². The number of furan rings is 1. The van der Waals surface area contributed by atoms with E-state index in [9.17, 15) is 0 Å². The molecular weight excluding hydrogens is 368 g/mol. The Bertz CT molecular complexity index is 573. The molecule has 2 fully saturated rings. The number of guanidine groups is 1. The van der Waals surface area contributed by atoms with E-state index in [0.717, 1.165) is 83.6 Å². The second-order valence-electron chi connectivity index (χ2n) is 7.95. The van der Waals surface area contributed by atoms with Gasteiger partial charge in [0.25, 0.3) is 0 Å². The molecule has 2 N–H and O–H groups in total. The van der Waals surface area contributed by atoms with Gasteiger partial charge in [-0.3, -0.25) is 9.89 Å². The van der Waals surface area contributed by atoms with Gasteiger partial charge >= 0.3 is 0 Å². The first-order valence-corrected chi connectivity index (χ1v) is 11.3. The lowest BCUT2D eigenvalue weighted by atomic mass is 10.1. The van der Waals surface area contributed by atoms with Crippen LogP contribution in [-0.4, -0.2) is 76.1 Å². The Morgan fingerprint density at radius 3 is 3.03 bits per heavy atom. The van der Waals surface area contributed by atoms with Crippen LogP contribution in [-0.2, 0) is 15.9 Å². The van der Waals surface area contributed by atoms with Crippen molar-refractivity contribution in [3.63, 3.8) is 0 Å². The molecule has 2 aliphatic heterocycles. The number of likely N-dealkylation sites (N-methyl/N-ethyl adjacent to an activating group) is 1. The SMILES string of the molecule is CCN1CCCC1CN=C(NCCCOCC1CCOC1)NCCc1ccco1. The molecule has 7 heteroatoms. The van der Waals surface area contributed by atoms with E-state index in [4.69, 9.17) is 18.9 Å². The van der Waals surface area contributed by atoms with Gasteiger partial charge in [0.1, 0.15) is 5.76 Å². The molecule has 0 amide bonds. The van der Waals surface area contributed by atoms with Crippen LogP contribution in [0.15, 0.2) is 27.8 Å². The lowest BCUT2D eigenvalue weighted by molar-refractivity contribution is 0.0888. The van der Waals surface area contributed by atoms with Crippen molar-refractivity contribution < 1.29 is 13.9 Å². The van der Waals surface area contributed by atoms with E-state index in [-0.39, 0.29) is 0 Å². The van der Waals surface area contributed by atoms with Crippen molar-refractivity contribution in [1.29, 1.82) is 0 Å². The predicted octanol–water partition coefficient (Wildman–Crippen LogP) is 2.28. The van der Waals surface area contributed by atoms with Crippen molar-refractivity contribution in [3.8, 4) is 0 Å². The lowest BCUT2D eigenvalue weighted by Crippen LogP contribution is -2.40. The third-order valence-corrected chi connectivity index (χ3v) is 5.74. The molecular formula is C22H38N4O3. The van der Waals surface area contributed by atoms with Crippen LogP contribution in [0.3, 0.4) is 0 Å². The smallest absolute Gasteiger partial charge is 0.191 e. The zero-order chi connectivity index (χ0) is 20.2. The Labute approximate surface area is 175 Å². The number of nitrogens with zero attached hydrogens (tertiary/aromatic N) is 2. The summed E-state index contributed by atoms with van der Waals surface area (Å²) < 4.78 is 16.6. The average Bonchev–Trinajstić information content (AvgIpc) is 3.50. The zero-order valence-electron chi connectivity index (χ0n) is 17.9. The molecule has 0 radical (unpaired) electrons. The second kappa shape index (κ2) is 12.9. The summed E-state index contributed by atoms with van der Waals surface area (Å²) in [5, 5.41) is 6.92. The van der Waals surface area contributed by atoms with E-state index in [0.29, 0.717) is 12.0 Å². The third-order valence-electron chi connectivity index (χ3n) is 5.74. The second-order valence-corrected chi connectivity index (χ2v) is 7.95. The number of likely N-dealkylation sites (tertiary alicyclic amines) is 1. The first kappa shape index (κ1) is 22.1. The molecule has 2 atom stereocenters. The van der Waals surface area contributed by atoms with Crippen LogP contribution >= 0.6 is 0 Å². The molecule has 1 aromatic rings.